The van der Waals surface area contributed by atoms with Crippen molar-refractivity contribution < 1.29 is 20.8 Å². The Morgan fingerprint density at radius 3 is 2.48 bits per heavy atom. The number of rotatable bonds is 5. The number of alkyl halides is 2. The van der Waals surface area contributed by atoms with Crippen molar-refractivity contribution in [3.8, 4) is 28.3 Å². The summed E-state index contributed by atoms with van der Waals surface area (Å²) < 4.78 is 57.5. The molecule has 0 unspecified atom stereocenters. The van der Waals surface area contributed by atoms with Gasteiger partial charge in [-0.15, -0.1) is 0 Å². The largest absolute Gasteiger partial charge is 0.467 e. The summed E-state index contributed by atoms with van der Waals surface area (Å²) in [5, 5.41) is 4.02. The average molecular weight is 456 g/mol. The van der Waals surface area contributed by atoms with E-state index in [0.717, 1.165) is 11.1 Å². The number of aromatic nitrogens is 5. The van der Waals surface area contributed by atoms with Crippen molar-refractivity contribution in [2.45, 2.75) is 52.0 Å². The van der Waals surface area contributed by atoms with Gasteiger partial charge >= 0.3 is 6.01 Å². The molecule has 1 fully saturated rings. The van der Waals surface area contributed by atoms with E-state index in [0.29, 0.717) is 33.6 Å². The average Bonchev–Trinajstić information content (AvgIpc) is 3.38. The van der Waals surface area contributed by atoms with Crippen molar-refractivity contribution >= 4 is 11.0 Å². The van der Waals surface area contributed by atoms with E-state index >= 15 is 0 Å². The molecule has 0 bridgehead atoms. The lowest BCUT2D eigenvalue weighted by Crippen LogP contribution is -2.26. The van der Waals surface area contributed by atoms with Gasteiger partial charge < -0.3 is 13.8 Å². The lowest BCUT2D eigenvalue weighted by Gasteiger charge is -2.28. The minimum Gasteiger partial charge on any atom is -0.467 e. The normalized spacial score (nSPS) is 17.7. The van der Waals surface area contributed by atoms with Crippen LogP contribution in [0.4, 0.5) is 8.78 Å². The molecule has 1 saturated carbocycles. The molecule has 4 aromatic rings. The molecule has 5 rings (SSSR count). The van der Waals surface area contributed by atoms with Crippen LogP contribution < -0.4 is 4.74 Å². The highest BCUT2D eigenvalue weighted by molar-refractivity contribution is 5.94. The van der Waals surface area contributed by atoms with E-state index in [4.69, 9.17) is 12.0 Å². The first-order valence-electron chi connectivity index (χ1n) is 11.8. The highest BCUT2D eigenvalue weighted by Gasteiger charge is 2.35. The molecule has 0 N–H and O–H groups in total. The molecule has 0 spiro atoms. The Hall–Kier alpha value is -3.36. The Bertz CT molecular complexity index is 1360. The number of pyridine rings is 1. The zero-order valence-electron chi connectivity index (χ0n) is 20.6. The van der Waals surface area contributed by atoms with Crippen molar-refractivity contribution in [2.75, 3.05) is 7.11 Å². The second-order valence-corrected chi connectivity index (χ2v) is 8.42. The summed E-state index contributed by atoms with van der Waals surface area (Å²) in [4.78, 5) is 13.0. The number of fused-ring (bicyclic) bond motifs is 1. The molecular weight excluding hydrogens is 428 g/mol. The van der Waals surface area contributed by atoms with E-state index in [1.54, 1.807) is 31.7 Å². The fourth-order valence-corrected chi connectivity index (χ4v) is 4.38. The van der Waals surface area contributed by atoms with Crippen molar-refractivity contribution in [2.24, 2.45) is 5.92 Å². The molecule has 33 heavy (non-hydrogen) atoms. The summed E-state index contributed by atoms with van der Waals surface area (Å²) in [6, 6.07) is 2.06. The molecule has 0 saturated heterocycles. The van der Waals surface area contributed by atoms with E-state index in [2.05, 4.69) is 20.1 Å². The van der Waals surface area contributed by atoms with Gasteiger partial charge in [-0.1, -0.05) is 5.16 Å². The van der Waals surface area contributed by atoms with Crippen LogP contribution in [0.5, 0.6) is 6.01 Å². The molecule has 4 heterocycles. The summed E-state index contributed by atoms with van der Waals surface area (Å²) in [5.41, 5.74) is 4.59. The minimum absolute atomic E-state index is 0.0949. The zero-order valence-corrected chi connectivity index (χ0v) is 18.6. The topological polar surface area (TPSA) is 78.9 Å². The maximum absolute atomic E-state index is 13.8. The SMILES string of the molecule is [2H]C([2H])(C1CCC(F)(F)CC1)n1cc(-c2cnc(OC)nc2)c2ncc(-c3c(C)noc3C)cc21. The van der Waals surface area contributed by atoms with Gasteiger partial charge in [0, 0.05) is 66.4 Å². The van der Waals surface area contributed by atoms with Crippen LogP contribution in [-0.2, 0) is 6.50 Å². The molecule has 0 aromatic carbocycles. The summed E-state index contributed by atoms with van der Waals surface area (Å²) in [5.74, 6) is -2.68. The molecular formula is C24H25F2N5O2. The van der Waals surface area contributed by atoms with Gasteiger partial charge in [-0.3, -0.25) is 4.98 Å². The molecule has 0 aliphatic heterocycles. The van der Waals surface area contributed by atoms with Crippen LogP contribution in [-0.4, -0.2) is 37.7 Å². The van der Waals surface area contributed by atoms with E-state index in [1.165, 1.54) is 11.7 Å². The van der Waals surface area contributed by atoms with Gasteiger partial charge in [-0.05, 0) is 38.7 Å². The standard InChI is InChI=1S/C24H25F2N5O2/c1-14-21(15(2)33-30-14)17-8-20-22(27-9-17)19(18-10-28-23(32-3)29-11-18)13-31(20)12-16-4-6-24(25,26)7-5-16/h8-11,13,16H,4-7,12H2,1-3H3/i12D2. The fourth-order valence-electron chi connectivity index (χ4n) is 4.38. The van der Waals surface area contributed by atoms with E-state index < -0.39 is 18.3 Å². The second-order valence-electron chi connectivity index (χ2n) is 8.42. The Kier molecular flexibility index (Phi) is 4.76. The monoisotopic (exact) mass is 455 g/mol. The van der Waals surface area contributed by atoms with Gasteiger partial charge in [-0.2, -0.15) is 0 Å². The van der Waals surface area contributed by atoms with Gasteiger partial charge in [0.2, 0.25) is 5.92 Å². The third-order valence-corrected chi connectivity index (χ3v) is 6.12. The second kappa shape index (κ2) is 8.20. The predicted molar refractivity (Wildman–Crippen MR) is 119 cm³/mol. The van der Waals surface area contributed by atoms with E-state index in [9.17, 15) is 8.78 Å². The van der Waals surface area contributed by atoms with Crippen LogP contribution in [0.3, 0.4) is 0 Å². The van der Waals surface area contributed by atoms with E-state index in [-0.39, 0.29) is 31.7 Å². The molecule has 9 heteroatoms. The Balaban J connectivity index is 1.68. The van der Waals surface area contributed by atoms with Crippen LogP contribution in [0.1, 0.15) is 39.9 Å². The smallest absolute Gasteiger partial charge is 0.316 e. The van der Waals surface area contributed by atoms with Gasteiger partial charge in [0.1, 0.15) is 5.76 Å². The van der Waals surface area contributed by atoms with Crippen LogP contribution in [0.25, 0.3) is 33.3 Å². The third kappa shape index (κ3) is 4.07. The lowest BCUT2D eigenvalue weighted by atomic mass is 9.87. The van der Waals surface area contributed by atoms with Crippen molar-refractivity contribution in [1.82, 2.24) is 24.7 Å². The third-order valence-electron chi connectivity index (χ3n) is 6.12. The molecule has 1 aliphatic carbocycles. The number of methoxy groups -OCH3 is 1. The first kappa shape index (κ1) is 19.1. The Labute approximate surface area is 192 Å². The highest BCUT2D eigenvalue weighted by Crippen LogP contribution is 2.39. The summed E-state index contributed by atoms with van der Waals surface area (Å²) >= 11 is 0. The number of ether oxygens (including phenoxy) is 1. The number of aryl methyl sites for hydroxylation is 2. The van der Waals surface area contributed by atoms with Crippen molar-refractivity contribution in [3.05, 3.63) is 42.3 Å². The van der Waals surface area contributed by atoms with E-state index in [1.807, 2.05) is 13.0 Å². The number of hydrogen-bond acceptors (Lipinski definition) is 6. The molecule has 0 radical (unpaired) electrons. The van der Waals surface area contributed by atoms with Crippen molar-refractivity contribution in [3.63, 3.8) is 0 Å². The van der Waals surface area contributed by atoms with Gasteiger partial charge in [0.15, 0.2) is 0 Å². The Morgan fingerprint density at radius 1 is 1.15 bits per heavy atom. The Morgan fingerprint density at radius 2 is 1.85 bits per heavy atom. The molecule has 0 amide bonds. The highest BCUT2D eigenvalue weighted by atomic mass is 19.3. The maximum atomic E-state index is 13.8. The van der Waals surface area contributed by atoms with Crippen LogP contribution >= 0.6 is 0 Å². The van der Waals surface area contributed by atoms with Gasteiger partial charge in [0.25, 0.3) is 0 Å². The first-order valence-corrected chi connectivity index (χ1v) is 10.8. The summed E-state index contributed by atoms with van der Waals surface area (Å²) in [7, 11) is 1.47. The molecule has 4 aromatic heterocycles. The van der Waals surface area contributed by atoms with Crippen LogP contribution in [0, 0.1) is 19.8 Å². The molecule has 7 nitrogen and oxygen atoms in total. The summed E-state index contributed by atoms with van der Waals surface area (Å²) in [6.45, 7) is 1.72. The van der Waals surface area contributed by atoms with Gasteiger partial charge in [-0.25, -0.2) is 18.7 Å². The number of hydrogen-bond donors (Lipinski definition) is 0. The number of halogens is 2. The first-order chi connectivity index (χ1) is 16.6. The van der Waals surface area contributed by atoms with Crippen molar-refractivity contribution in [1.29, 1.82) is 0 Å². The summed E-state index contributed by atoms with van der Waals surface area (Å²) in [6.07, 6.45) is 6.10. The van der Waals surface area contributed by atoms with Crippen LogP contribution in [0.15, 0.2) is 35.4 Å². The quantitative estimate of drug-likeness (QED) is 0.390. The maximum Gasteiger partial charge on any atom is 0.316 e. The zero-order chi connectivity index (χ0) is 25.0. The predicted octanol–water partition coefficient (Wildman–Crippen LogP) is 5.60. The van der Waals surface area contributed by atoms with Gasteiger partial charge in [0.05, 0.1) is 26.6 Å². The molecule has 172 valence electrons. The lowest BCUT2D eigenvalue weighted by molar-refractivity contribution is -0.0472. The molecule has 0 atom stereocenters. The van der Waals surface area contributed by atoms with Crippen LogP contribution in [0.2, 0.25) is 0 Å². The number of nitrogens with zero attached hydrogens (tertiary/aromatic N) is 5. The minimum atomic E-state index is -2.74. The molecule has 1 aliphatic rings. The fraction of sp³-hybridized carbons (Fsp3) is 0.417.